The largest absolute Gasteiger partial charge is 0.376 e. The lowest BCUT2D eigenvalue weighted by molar-refractivity contribution is -0.127. The van der Waals surface area contributed by atoms with Crippen molar-refractivity contribution in [1.82, 2.24) is 5.32 Å². The third-order valence-electron chi connectivity index (χ3n) is 4.96. The molecule has 4 heteroatoms. The number of carbonyl (C=O) groups is 1. The van der Waals surface area contributed by atoms with Crippen LogP contribution in [0.4, 0.5) is 0 Å². The van der Waals surface area contributed by atoms with Gasteiger partial charge in [-0.1, -0.05) is 19.3 Å². The SMILES string of the molecule is NC1CCCCCC1C(=O)NC1CCOC1C1CC1. The van der Waals surface area contributed by atoms with Gasteiger partial charge in [0, 0.05) is 12.6 Å². The van der Waals surface area contributed by atoms with Gasteiger partial charge in [0.1, 0.15) is 0 Å². The van der Waals surface area contributed by atoms with Crippen LogP contribution in [0.5, 0.6) is 0 Å². The Morgan fingerprint density at radius 1 is 1.05 bits per heavy atom. The average Bonchev–Trinajstić information content (AvgIpc) is 3.17. The lowest BCUT2D eigenvalue weighted by Gasteiger charge is -2.25. The summed E-state index contributed by atoms with van der Waals surface area (Å²) in [4.78, 5) is 12.5. The molecule has 1 heterocycles. The predicted octanol–water partition coefficient (Wildman–Crippen LogP) is 1.58. The average molecular weight is 266 g/mol. The van der Waals surface area contributed by atoms with E-state index in [1.165, 1.54) is 25.7 Å². The Labute approximate surface area is 115 Å². The van der Waals surface area contributed by atoms with Crippen LogP contribution in [0.2, 0.25) is 0 Å². The Hall–Kier alpha value is -0.610. The van der Waals surface area contributed by atoms with E-state index in [1.807, 2.05) is 0 Å². The summed E-state index contributed by atoms with van der Waals surface area (Å²) in [5.41, 5.74) is 6.17. The quantitative estimate of drug-likeness (QED) is 0.762. The summed E-state index contributed by atoms with van der Waals surface area (Å²) < 4.78 is 5.78. The third-order valence-corrected chi connectivity index (χ3v) is 4.96. The molecule has 3 N–H and O–H groups in total. The number of rotatable bonds is 3. The Morgan fingerprint density at radius 3 is 2.63 bits per heavy atom. The zero-order chi connectivity index (χ0) is 13.2. The smallest absolute Gasteiger partial charge is 0.224 e. The van der Waals surface area contributed by atoms with Crippen LogP contribution in [-0.2, 0) is 9.53 Å². The number of hydrogen-bond donors (Lipinski definition) is 2. The van der Waals surface area contributed by atoms with Gasteiger partial charge in [-0.05, 0) is 38.0 Å². The van der Waals surface area contributed by atoms with E-state index in [-0.39, 0.29) is 30.0 Å². The summed E-state index contributed by atoms with van der Waals surface area (Å²) in [7, 11) is 0. The Balaban J connectivity index is 1.57. The maximum Gasteiger partial charge on any atom is 0.224 e. The maximum absolute atomic E-state index is 12.5. The second kappa shape index (κ2) is 5.80. The van der Waals surface area contributed by atoms with Gasteiger partial charge >= 0.3 is 0 Å². The standard InChI is InChI=1S/C15H26N2O2/c16-12-5-3-1-2-4-11(12)15(18)17-13-8-9-19-14(13)10-6-7-10/h10-14H,1-9,16H2,(H,17,18). The van der Waals surface area contributed by atoms with Crippen LogP contribution in [0.3, 0.4) is 0 Å². The molecule has 4 nitrogen and oxygen atoms in total. The molecule has 0 aromatic rings. The van der Waals surface area contributed by atoms with Gasteiger partial charge < -0.3 is 15.8 Å². The van der Waals surface area contributed by atoms with Crippen LogP contribution >= 0.6 is 0 Å². The third kappa shape index (κ3) is 3.11. The van der Waals surface area contributed by atoms with Crippen LogP contribution in [0.15, 0.2) is 0 Å². The fourth-order valence-electron chi connectivity index (χ4n) is 3.61. The van der Waals surface area contributed by atoms with Gasteiger partial charge in [0.25, 0.3) is 0 Å². The molecule has 3 rings (SSSR count). The molecular formula is C15H26N2O2. The van der Waals surface area contributed by atoms with E-state index in [0.29, 0.717) is 5.92 Å². The van der Waals surface area contributed by atoms with Crippen LogP contribution in [-0.4, -0.2) is 30.7 Å². The second-order valence-electron chi connectivity index (χ2n) is 6.48. The molecule has 1 amide bonds. The van der Waals surface area contributed by atoms with Crippen molar-refractivity contribution in [3.05, 3.63) is 0 Å². The Morgan fingerprint density at radius 2 is 1.84 bits per heavy atom. The monoisotopic (exact) mass is 266 g/mol. The molecule has 19 heavy (non-hydrogen) atoms. The first-order chi connectivity index (χ1) is 9.25. The number of ether oxygens (including phenoxy) is 1. The lowest BCUT2D eigenvalue weighted by atomic mass is 9.93. The highest BCUT2D eigenvalue weighted by atomic mass is 16.5. The normalized spacial score (nSPS) is 39.8. The van der Waals surface area contributed by atoms with Crippen LogP contribution in [0, 0.1) is 11.8 Å². The van der Waals surface area contributed by atoms with Gasteiger partial charge in [-0.3, -0.25) is 4.79 Å². The number of amides is 1. The molecule has 1 saturated heterocycles. The van der Waals surface area contributed by atoms with Crippen LogP contribution in [0.25, 0.3) is 0 Å². The van der Waals surface area contributed by atoms with Gasteiger partial charge in [-0.25, -0.2) is 0 Å². The summed E-state index contributed by atoms with van der Waals surface area (Å²) in [5, 5.41) is 3.23. The molecule has 3 aliphatic rings. The van der Waals surface area contributed by atoms with Crippen molar-refractivity contribution in [3.8, 4) is 0 Å². The molecule has 3 fully saturated rings. The molecule has 0 aromatic heterocycles. The number of nitrogens with two attached hydrogens (primary N) is 1. The van der Waals surface area contributed by atoms with E-state index in [9.17, 15) is 4.79 Å². The van der Waals surface area contributed by atoms with E-state index in [2.05, 4.69) is 5.32 Å². The highest BCUT2D eigenvalue weighted by Crippen LogP contribution is 2.39. The number of nitrogens with one attached hydrogen (secondary N) is 1. The molecular weight excluding hydrogens is 240 g/mol. The molecule has 2 saturated carbocycles. The first-order valence-corrected chi connectivity index (χ1v) is 7.93. The van der Waals surface area contributed by atoms with E-state index in [4.69, 9.17) is 10.5 Å². The molecule has 4 unspecified atom stereocenters. The fraction of sp³-hybridized carbons (Fsp3) is 0.933. The van der Waals surface area contributed by atoms with Crippen molar-refractivity contribution < 1.29 is 9.53 Å². The molecule has 2 aliphatic carbocycles. The van der Waals surface area contributed by atoms with Gasteiger partial charge in [0.05, 0.1) is 18.1 Å². The summed E-state index contributed by atoms with van der Waals surface area (Å²) >= 11 is 0. The summed E-state index contributed by atoms with van der Waals surface area (Å²) in [6, 6.07) is 0.277. The van der Waals surface area contributed by atoms with Crippen molar-refractivity contribution in [3.63, 3.8) is 0 Å². The summed E-state index contributed by atoms with van der Waals surface area (Å²) in [6.07, 6.45) is 9.23. The predicted molar refractivity (Wildman–Crippen MR) is 73.6 cm³/mol. The molecule has 0 bridgehead atoms. The molecule has 0 spiro atoms. The minimum absolute atomic E-state index is 0.0166. The van der Waals surface area contributed by atoms with E-state index < -0.39 is 0 Å². The van der Waals surface area contributed by atoms with Crippen LogP contribution < -0.4 is 11.1 Å². The first kappa shape index (κ1) is 13.4. The van der Waals surface area contributed by atoms with Crippen molar-refractivity contribution in [2.75, 3.05) is 6.61 Å². The van der Waals surface area contributed by atoms with Crippen molar-refractivity contribution in [1.29, 1.82) is 0 Å². The van der Waals surface area contributed by atoms with E-state index in [1.54, 1.807) is 0 Å². The highest BCUT2D eigenvalue weighted by Gasteiger charge is 2.42. The minimum atomic E-state index is 0.0166. The molecule has 108 valence electrons. The van der Waals surface area contributed by atoms with Gasteiger partial charge in [0.15, 0.2) is 0 Å². The van der Waals surface area contributed by atoms with Gasteiger partial charge in [-0.15, -0.1) is 0 Å². The summed E-state index contributed by atoms with van der Waals surface area (Å²) in [5.74, 6) is 0.883. The zero-order valence-corrected chi connectivity index (χ0v) is 11.6. The number of carbonyl (C=O) groups excluding carboxylic acids is 1. The van der Waals surface area contributed by atoms with Crippen molar-refractivity contribution in [2.45, 2.75) is 69.6 Å². The Kier molecular flexibility index (Phi) is 4.08. The van der Waals surface area contributed by atoms with Gasteiger partial charge in [0.2, 0.25) is 5.91 Å². The van der Waals surface area contributed by atoms with Gasteiger partial charge in [-0.2, -0.15) is 0 Å². The second-order valence-corrected chi connectivity index (χ2v) is 6.48. The molecule has 0 radical (unpaired) electrons. The van der Waals surface area contributed by atoms with Crippen LogP contribution in [0.1, 0.15) is 51.4 Å². The molecule has 4 atom stereocenters. The molecule has 1 aliphatic heterocycles. The van der Waals surface area contributed by atoms with E-state index in [0.717, 1.165) is 32.3 Å². The highest BCUT2D eigenvalue weighted by molar-refractivity contribution is 5.79. The fourth-order valence-corrected chi connectivity index (χ4v) is 3.61. The first-order valence-electron chi connectivity index (χ1n) is 7.93. The maximum atomic E-state index is 12.5. The summed E-state index contributed by atoms with van der Waals surface area (Å²) in [6.45, 7) is 0.794. The lowest BCUT2D eigenvalue weighted by Crippen LogP contribution is -2.48. The topological polar surface area (TPSA) is 64.4 Å². The van der Waals surface area contributed by atoms with Crippen molar-refractivity contribution in [2.24, 2.45) is 17.6 Å². The van der Waals surface area contributed by atoms with E-state index >= 15 is 0 Å². The zero-order valence-electron chi connectivity index (χ0n) is 11.6. The number of hydrogen-bond acceptors (Lipinski definition) is 3. The molecule has 0 aromatic carbocycles. The van der Waals surface area contributed by atoms with Crippen molar-refractivity contribution >= 4 is 5.91 Å². The Bertz CT molecular complexity index is 330. The minimum Gasteiger partial charge on any atom is -0.376 e.